The molecular weight excluding hydrogens is 301 g/mol. The zero-order valence-electron chi connectivity index (χ0n) is 8.71. The third-order valence-electron chi connectivity index (χ3n) is 2.87. The van der Waals surface area contributed by atoms with Crippen molar-refractivity contribution in [1.29, 1.82) is 0 Å². The van der Waals surface area contributed by atoms with Gasteiger partial charge >= 0.3 is 6.18 Å². The molecule has 7 heteroatoms. The first-order chi connectivity index (χ1) is 7.83. The minimum atomic E-state index is -4.60. The summed E-state index contributed by atoms with van der Waals surface area (Å²) in [5.41, 5.74) is -2.00. The number of nitrogens with zero attached hydrogens (tertiary/aromatic N) is 2. The number of aliphatic hydroxyl groups is 1. The van der Waals surface area contributed by atoms with E-state index in [1.807, 2.05) is 0 Å². The Labute approximate surface area is 104 Å². The third-order valence-corrected chi connectivity index (χ3v) is 3.48. The highest BCUT2D eigenvalue weighted by molar-refractivity contribution is 9.10. The van der Waals surface area contributed by atoms with Crippen LogP contribution >= 0.6 is 15.9 Å². The first-order valence-corrected chi connectivity index (χ1v) is 5.76. The number of rotatable bonds is 1. The summed E-state index contributed by atoms with van der Waals surface area (Å²) in [4.78, 5) is 5.34. The monoisotopic (exact) mass is 310 g/mol. The SMILES string of the molecule is OC1(C(F)(F)F)CCN(c2ccncc2Br)C1. The number of halogens is 4. The predicted octanol–water partition coefficient (Wildman–Crippen LogP) is 2.35. The van der Waals surface area contributed by atoms with Gasteiger partial charge in [-0.25, -0.2) is 0 Å². The Bertz CT molecular complexity index is 426. The predicted molar refractivity (Wildman–Crippen MR) is 59.8 cm³/mol. The Balaban J connectivity index is 2.22. The molecule has 1 N–H and O–H groups in total. The van der Waals surface area contributed by atoms with Crippen molar-refractivity contribution in [2.45, 2.75) is 18.2 Å². The number of anilines is 1. The second kappa shape index (κ2) is 4.13. The summed E-state index contributed by atoms with van der Waals surface area (Å²) in [7, 11) is 0. The van der Waals surface area contributed by atoms with Crippen LogP contribution in [0.25, 0.3) is 0 Å². The van der Waals surface area contributed by atoms with Crippen LogP contribution in [-0.2, 0) is 0 Å². The second-order valence-electron chi connectivity index (χ2n) is 4.03. The van der Waals surface area contributed by atoms with Crippen molar-refractivity contribution in [3.8, 4) is 0 Å². The molecule has 1 atom stereocenters. The molecule has 1 fully saturated rings. The van der Waals surface area contributed by atoms with E-state index in [0.29, 0.717) is 10.2 Å². The molecule has 1 aliphatic heterocycles. The lowest BCUT2D eigenvalue weighted by atomic mass is 10.0. The van der Waals surface area contributed by atoms with Gasteiger partial charge in [0.25, 0.3) is 0 Å². The summed E-state index contributed by atoms with van der Waals surface area (Å²) >= 11 is 3.23. The van der Waals surface area contributed by atoms with Crippen LogP contribution in [0.4, 0.5) is 18.9 Å². The normalized spacial score (nSPS) is 25.4. The lowest BCUT2D eigenvalue weighted by molar-refractivity contribution is -0.250. The van der Waals surface area contributed by atoms with Crippen LogP contribution in [0.2, 0.25) is 0 Å². The molecule has 1 saturated heterocycles. The quantitative estimate of drug-likeness (QED) is 0.865. The van der Waals surface area contributed by atoms with Gasteiger partial charge in [0.2, 0.25) is 0 Å². The molecule has 2 rings (SSSR count). The number of hydrogen-bond acceptors (Lipinski definition) is 3. The number of aromatic nitrogens is 1. The van der Waals surface area contributed by atoms with Gasteiger partial charge < -0.3 is 10.0 Å². The van der Waals surface area contributed by atoms with E-state index in [4.69, 9.17) is 0 Å². The van der Waals surface area contributed by atoms with Gasteiger partial charge in [0.1, 0.15) is 0 Å². The third kappa shape index (κ3) is 2.26. The average Bonchev–Trinajstić information content (AvgIpc) is 2.62. The van der Waals surface area contributed by atoms with Crippen molar-refractivity contribution < 1.29 is 18.3 Å². The summed E-state index contributed by atoms with van der Waals surface area (Å²) in [6, 6.07) is 1.62. The Hall–Kier alpha value is -0.820. The van der Waals surface area contributed by atoms with Gasteiger partial charge in [0.05, 0.1) is 16.7 Å². The van der Waals surface area contributed by atoms with Crippen LogP contribution in [0, 0.1) is 0 Å². The van der Waals surface area contributed by atoms with Crippen LogP contribution in [0.15, 0.2) is 22.9 Å². The van der Waals surface area contributed by atoms with Crippen molar-refractivity contribution in [1.82, 2.24) is 4.98 Å². The molecule has 17 heavy (non-hydrogen) atoms. The van der Waals surface area contributed by atoms with Crippen LogP contribution < -0.4 is 4.90 Å². The van der Waals surface area contributed by atoms with Crippen molar-refractivity contribution >= 4 is 21.6 Å². The number of alkyl halides is 3. The first-order valence-electron chi connectivity index (χ1n) is 4.97. The summed E-state index contributed by atoms with van der Waals surface area (Å²) in [6.07, 6.45) is -1.89. The van der Waals surface area contributed by atoms with Crippen LogP contribution in [0.5, 0.6) is 0 Å². The maximum Gasteiger partial charge on any atom is 0.418 e. The molecule has 0 amide bonds. The minimum absolute atomic E-state index is 0.165. The van der Waals surface area contributed by atoms with E-state index < -0.39 is 18.3 Å². The van der Waals surface area contributed by atoms with E-state index in [1.165, 1.54) is 17.3 Å². The molecule has 1 unspecified atom stereocenters. The molecule has 0 spiro atoms. The Morgan fingerprint density at radius 3 is 2.71 bits per heavy atom. The van der Waals surface area contributed by atoms with Crippen LogP contribution in [0.3, 0.4) is 0 Å². The summed E-state index contributed by atoms with van der Waals surface area (Å²) < 4.78 is 38.5. The van der Waals surface area contributed by atoms with E-state index >= 15 is 0 Å². The van der Waals surface area contributed by atoms with Gasteiger partial charge in [0.15, 0.2) is 5.60 Å². The highest BCUT2D eigenvalue weighted by atomic mass is 79.9. The maximum atomic E-state index is 12.6. The van der Waals surface area contributed by atoms with Crippen molar-refractivity contribution in [3.05, 3.63) is 22.9 Å². The van der Waals surface area contributed by atoms with Crippen LogP contribution in [-0.4, -0.2) is 35.0 Å². The highest BCUT2D eigenvalue weighted by Gasteiger charge is 2.57. The topological polar surface area (TPSA) is 36.4 Å². The molecule has 94 valence electrons. The van der Waals surface area contributed by atoms with Gasteiger partial charge in [-0.1, -0.05) is 0 Å². The zero-order valence-corrected chi connectivity index (χ0v) is 10.3. The lowest BCUT2D eigenvalue weighted by Gasteiger charge is -2.26. The Morgan fingerprint density at radius 1 is 1.47 bits per heavy atom. The molecule has 1 aromatic rings. The van der Waals surface area contributed by atoms with E-state index in [9.17, 15) is 18.3 Å². The smallest absolute Gasteiger partial charge is 0.379 e. The van der Waals surface area contributed by atoms with Crippen molar-refractivity contribution in [2.75, 3.05) is 18.0 Å². The molecule has 1 aliphatic rings. The summed E-state index contributed by atoms with van der Waals surface area (Å²) in [5, 5.41) is 9.55. The van der Waals surface area contributed by atoms with Gasteiger partial charge in [-0.05, 0) is 22.0 Å². The summed E-state index contributed by atoms with van der Waals surface area (Å²) in [6.45, 7) is -0.280. The number of hydrogen-bond donors (Lipinski definition) is 1. The van der Waals surface area contributed by atoms with E-state index in [0.717, 1.165) is 0 Å². The molecular formula is C10H10BrF3N2O. The van der Waals surface area contributed by atoms with E-state index in [2.05, 4.69) is 20.9 Å². The maximum absolute atomic E-state index is 12.6. The molecule has 1 aromatic heterocycles. The van der Waals surface area contributed by atoms with Crippen molar-refractivity contribution in [2.24, 2.45) is 0 Å². The molecule has 0 saturated carbocycles. The molecule has 0 bridgehead atoms. The average molecular weight is 311 g/mol. The number of β-amino-alcohol motifs (C(OH)–C–C–N with tert-alkyl or cyclic N) is 1. The molecule has 3 nitrogen and oxygen atoms in total. The van der Waals surface area contributed by atoms with Crippen LogP contribution in [0.1, 0.15) is 6.42 Å². The lowest BCUT2D eigenvalue weighted by Crippen LogP contribution is -2.47. The zero-order chi connectivity index (χ0) is 12.7. The van der Waals surface area contributed by atoms with Gasteiger partial charge in [0, 0.05) is 25.4 Å². The Morgan fingerprint density at radius 2 is 2.18 bits per heavy atom. The van der Waals surface area contributed by atoms with E-state index in [1.54, 1.807) is 6.07 Å². The fraction of sp³-hybridized carbons (Fsp3) is 0.500. The largest absolute Gasteiger partial charge is 0.418 e. The fourth-order valence-corrected chi connectivity index (χ4v) is 2.36. The molecule has 0 aromatic carbocycles. The van der Waals surface area contributed by atoms with E-state index in [-0.39, 0.29) is 13.0 Å². The highest BCUT2D eigenvalue weighted by Crippen LogP contribution is 2.40. The fourth-order valence-electron chi connectivity index (χ4n) is 1.86. The van der Waals surface area contributed by atoms with Gasteiger partial charge in [-0.3, -0.25) is 4.98 Å². The second-order valence-corrected chi connectivity index (χ2v) is 4.88. The number of pyridine rings is 1. The first kappa shape index (κ1) is 12.6. The molecule has 0 radical (unpaired) electrons. The standard InChI is InChI=1S/C10H10BrF3N2O/c11-7-5-15-3-1-8(7)16-4-2-9(17,6-16)10(12,13)14/h1,3,5,17H,2,4,6H2. The van der Waals surface area contributed by atoms with Gasteiger partial charge in [-0.2, -0.15) is 13.2 Å². The van der Waals surface area contributed by atoms with Crippen molar-refractivity contribution in [3.63, 3.8) is 0 Å². The molecule has 0 aliphatic carbocycles. The molecule has 2 heterocycles. The summed E-state index contributed by atoms with van der Waals surface area (Å²) in [5.74, 6) is 0. The Kier molecular flexibility index (Phi) is 3.07. The van der Waals surface area contributed by atoms with Gasteiger partial charge in [-0.15, -0.1) is 0 Å². The minimum Gasteiger partial charge on any atom is -0.379 e.